The average Bonchev–Trinajstić information content (AvgIpc) is 2.62. The van der Waals surface area contributed by atoms with Crippen LogP contribution < -0.4 is 10.6 Å². The van der Waals surface area contributed by atoms with Crippen LogP contribution in [0.15, 0.2) is 29.5 Å². The number of aliphatic imine (C=N–C) groups is 1. The summed E-state index contributed by atoms with van der Waals surface area (Å²) in [7, 11) is 1.70. The largest absolute Gasteiger partial charge is 0.359 e. The number of halogens is 1. The van der Waals surface area contributed by atoms with E-state index in [0.717, 1.165) is 51.4 Å². The highest BCUT2D eigenvalue weighted by atomic mass is 127. The molecule has 0 atom stereocenters. The van der Waals surface area contributed by atoms with Gasteiger partial charge in [-0.1, -0.05) is 6.07 Å². The van der Waals surface area contributed by atoms with Gasteiger partial charge in [-0.2, -0.15) is 0 Å². The summed E-state index contributed by atoms with van der Waals surface area (Å²) >= 11 is 0. The minimum absolute atomic E-state index is 0. The molecule has 1 saturated heterocycles. The number of piperidine rings is 1. The van der Waals surface area contributed by atoms with Gasteiger partial charge in [0.2, 0.25) is 5.91 Å². The second-order valence-electron chi connectivity index (χ2n) is 6.15. The quantitative estimate of drug-likeness (QED) is 0.388. The van der Waals surface area contributed by atoms with E-state index in [-0.39, 0.29) is 29.9 Å². The van der Waals surface area contributed by atoms with Crippen LogP contribution in [-0.4, -0.2) is 55.0 Å². The zero-order valence-corrected chi connectivity index (χ0v) is 17.5. The number of pyridine rings is 1. The van der Waals surface area contributed by atoms with Crippen LogP contribution in [-0.2, 0) is 11.2 Å². The Bertz CT molecular complexity index is 530. The number of aromatic nitrogens is 1. The molecule has 1 aromatic rings. The minimum Gasteiger partial charge on any atom is -0.359 e. The molecule has 0 aliphatic carbocycles. The molecule has 0 spiro atoms. The molecule has 2 rings (SSSR count). The molecule has 7 heteroatoms. The van der Waals surface area contributed by atoms with Crippen molar-refractivity contribution in [2.75, 3.05) is 33.2 Å². The van der Waals surface area contributed by atoms with E-state index in [1.54, 1.807) is 13.2 Å². The van der Waals surface area contributed by atoms with E-state index in [9.17, 15) is 4.79 Å². The number of rotatable bonds is 6. The van der Waals surface area contributed by atoms with Crippen molar-refractivity contribution < 1.29 is 4.79 Å². The molecule has 25 heavy (non-hydrogen) atoms. The third-order valence-corrected chi connectivity index (χ3v) is 4.39. The van der Waals surface area contributed by atoms with Crippen LogP contribution in [0.1, 0.15) is 31.7 Å². The zero-order valence-electron chi connectivity index (χ0n) is 15.2. The number of carbonyl (C=O) groups is 1. The molecule has 0 unspecified atom stereocenters. The minimum atomic E-state index is 0. The molecule has 1 aromatic heterocycles. The lowest BCUT2D eigenvalue weighted by atomic mass is 9.93. The standard InChI is InChI=1S/C18H29N5O.HI/c1-3-21-18(22-10-6-16-5-4-9-20-14-16)23-11-7-15(8-12-23)13-17(24)19-2;/h4-5,9,14-15H,3,6-8,10-13H2,1-2H3,(H,19,24)(H,21,22);1H. The lowest BCUT2D eigenvalue weighted by molar-refractivity contribution is -0.121. The van der Waals surface area contributed by atoms with Gasteiger partial charge < -0.3 is 15.5 Å². The van der Waals surface area contributed by atoms with Gasteiger partial charge in [0.1, 0.15) is 0 Å². The number of nitrogens with one attached hydrogen (secondary N) is 2. The molecule has 1 amide bonds. The first kappa shape index (κ1) is 21.7. The second kappa shape index (κ2) is 12.1. The zero-order chi connectivity index (χ0) is 17.2. The maximum atomic E-state index is 11.5. The van der Waals surface area contributed by atoms with Crippen molar-refractivity contribution in [1.82, 2.24) is 20.5 Å². The lowest BCUT2D eigenvalue weighted by Crippen LogP contribution is -2.46. The summed E-state index contributed by atoms with van der Waals surface area (Å²) in [4.78, 5) is 22.7. The first-order valence-corrected chi connectivity index (χ1v) is 8.85. The van der Waals surface area contributed by atoms with E-state index in [1.165, 1.54) is 5.56 Å². The van der Waals surface area contributed by atoms with Crippen molar-refractivity contribution >= 4 is 35.8 Å². The van der Waals surface area contributed by atoms with Crippen molar-refractivity contribution in [1.29, 1.82) is 0 Å². The summed E-state index contributed by atoms with van der Waals surface area (Å²) in [5.74, 6) is 1.62. The molecule has 2 N–H and O–H groups in total. The molecule has 140 valence electrons. The number of hydrogen-bond donors (Lipinski definition) is 2. The summed E-state index contributed by atoms with van der Waals surface area (Å²) < 4.78 is 0. The number of hydrogen-bond acceptors (Lipinski definition) is 3. The van der Waals surface area contributed by atoms with Crippen molar-refractivity contribution in [2.45, 2.75) is 32.6 Å². The molecular weight excluding hydrogens is 429 g/mol. The van der Waals surface area contributed by atoms with Crippen molar-refractivity contribution in [3.8, 4) is 0 Å². The van der Waals surface area contributed by atoms with E-state index in [2.05, 4.69) is 33.5 Å². The lowest BCUT2D eigenvalue weighted by Gasteiger charge is -2.34. The predicted octanol–water partition coefficient (Wildman–Crippen LogP) is 2.06. The Morgan fingerprint density at radius 3 is 2.76 bits per heavy atom. The third-order valence-electron chi connectivity index (χ3n) is 4.39. The highest BCUT2D eigenvalue weighted by Crippen LogP contribution is 2.20. The molecule has 1 aliphatic heterocycles. The molecule has 2 heterocycles. The average molecular weight is 459 g/mol. The summed E-state index contributed by atoms with van der Waals surface area (Å²) in [6, 6.07) is 4.04. The van der Waals surface area contributed by atoms with E-state index >= 15 is 0 Å². The van der Waals surface area contributed by atoms with E-state index in [0.29, 0.717) is 12.3 Å². The van der Waals surface area contributed by atoms with Gasteiger partial charge in [0.25, 0.3) is 0 Å². The highest BCUT2D eigenvalue weighted by molar-refractivity contribution is 14.0. The smallest absolute Gasteiger partial charge is 0.220 e. The molecular formula is C18H30IN5O. The molecule has 0 saturated carbocycles. The van der Waals surface area contributed by atoms with Gasteiger partial charge in [-0.05, 0) is 43.7 Å². The number of carbonyl (C=O) groups excluding carboxylic acids is 1. The van der Waals surface area contributed by atoms with E-state index in [4.69, 9.17) is 4.99 Å². The van der Waals surface area contributed by atoms with Gasteiger partial charge >= 0.3 is 0 Å². The SMILES string of the molecule is CCNC(=NCCc1cccnc1)N1CCC(CC(=O)NC)CC1.I. The second-order valence-corrected chi connectivity index (χ2v) is 6.15. The first-order valence-electron chi connectivity index (χ1n) is 8.85. The Labute approximate surface area is 167 Å². The fourth-order valence-electron chi connectivity index (χ4n) is 2.98. The van der Waals surface area contributed by atoms with Gasteiger partial charge in [-0.3, -0.25) is 14.8 Å². The van der Waals surface area contributed by atoms with Crippen LogP contribution >= 0.6 is 24.0 Å². The molecule has 0 bridgehead atoms. The van der Waals surface area contributed by atoms with Crippen molar-refractivity contribution in [2.24, 2.45) is 10.9 Å². The van der Waals surface area contributed by atoms with Crippen molar-refractivity contribution in [3.63, 3.8) is 0 Å². The Morgan fingerprint density at radius 1 is 1.40 bits per heavy atom. The van der Waals surface area contributed by atoms with Crippen LogP contribution in [0.25, 0.3) is 0 Å². The molecule has 6 nitrogen and oxygen atoms in total. The maximum absolute atomic E-state index is 11.5. The van der Waals surface area contributed by atoms with Crippen molar-refractivity contribution in [3.05, 3.63) is 30.1 Å². The van der Waals surface area contributed by atoms with Crippen LogP contribution in [0.4, 0.5) is 0 Å². The Kier molecular flexibility index (Phi) is 10.4. The summed E-state index contributed by atoms with van der Waals surface area (Å²) in [5.41, 5.74) is 1.21. The number of amides is 1. The van der Waals surface area contributed by atoms with Crippen LogP contribution in [0, 0.1) is 5.92 Å². The highest BCUT2D eigenvalue weighted by Gasteiger charge is 2.22. The van der Waals surface area contributed by atoms with Gasteiger partial charge in [0, 0.05) is 52.0 Å². The van der Waals surface area contributed by atoms with Crippen LogP contribution in [0.2, 0.25) is 0 Å². The summed E-state index contributed by atoms with van der Waals surface area (Å²) in [6.45, 7) is 5.63. The third kappa shape index (κ3) is 7.58. The Hall–Kier alpha value is -1.38. The number of guanidine groups is 1. The normalized spacial score (nSPS) is 15.4. The monoisotopic (exact) mass is 459 g/mol. The van der Waals surface area contributed by atoms with Crippen LogP contribution in [0.5, 0.6) is 0 Å². The topological polar surface area (TPSA) is 69.6 Å². The Morgan fingerprint density at radius 2 is 2.16 bits per heavy atom. The van der Waals surface area contributed by atoms with Gasteiger partial charge in [-0.25, -0.2) is 0 Å². The van der Waals surface area contributed by atoms with Crippen LogP contribution in [0.3, 0.4) is 0 Å². The van der Waals surface area contributed by atoms with E-state index in [1.807, 2.05) is 12.3 Å². The van der Waals surface area contributed by atoms with E-state index < -0.39 is 0 Å². The fraction of sp³-hybridized carbons (Fsp3) is 0.611. The fourth-order valence-corrected chi connectivity index (χ4v) is 2.98. The summed E-state index contributed by atoms with van der Waals surface area (Å²) in [5, 5.41) is 6.10. The molecule has 0 aromatic carbocycles. The molecule has 0 radical (unpaired) electrons. The maximum Gasteiger partial charge on any atom is 0.220 e. The van der Waals surface area contributed by atoms with Gasteiger partial charge in [-0.15, -0.1) is 24.0 Å². The Balaban J connectivity index is 0.00000312. The number of likely N-dealkylation sites (tertiary alicyclic amines) is 1. The molecule has 1 fully saturated rings. The van der Waals surface area contributed by atoms with Gasteiger partial charge in [0.15, 0.2) is 5.96 Å². The first-order chi connectivity index (χ1) is 11.7. The predicted molar refractivity (Wildman–Crippen MR) is 112 cm³/mol. The van der Waals surface area contributed by atoms with Gasteiger partial charge in [0.05, 0.1) is 0 Å². The molecule has 1 aliphatic rings. The number of nitrogens with zero attached hydrogens (tertiary/aromatic N) is 3. The summed E-state index contributed by atoms with van der Waals surface area (Å²) in [6.07, 6.45) is 7.31.